The summed E-state index contributed by atoms with van der Waals surface area (Å²) in [6.07, 6.45) is 0. The van der Waals surface area contributed by atoms with Crippen molar-refractivity contribution in [3.05, 3.63) is 95.1 Å². The van der Waals surface area contributed by atoms with Gasteiger partial charge in [-0.2, -0.15) is 0 Å². The molecule has 0 unspecified atom stereocenters. The van der Waals surface area contributed by atoms with E-state index in [1.54, 1.807) is 12.1 Å². The van der Waals surface area contributed by atoms with E-state index in [0.717, 1.165) is 10.8 Å². The van der Waals surface area contributed by atoms with Crippen LogP contribution in [0, 0.1) is 0 Å². The third-order valence-electron chi connectivity index (χ3n) is 4.76. The number of hydrogen-bond acceptors (Lipinski definition) is 3. The topological polar surface area (TPSA) is 91.7 Å². The summed E-state index contributed by atoms with van der Waals surface area (Å²) < 4.78 is 0. The van der Waals surface area contributed by atoms with Crippen LogP contribution < -0.4 is 0 Å². The maximum absolute atomic E-state index is 13.4. The lowest BCUT2D eigenvalue weighted by Crippen LogP contribution is -2.11. The van der Waals surface area contributed by atoms with Crippen molar-refractivity contribution < 1.29 is 24.6 Å². The van der Waals surface area contributed by atoms with E-state index >= 15 is 0 Å². The van der Waals surface area contributed by atoms with E-state index in [1.807, 2.05) is 30.3 Å². The molecule has 4 aromatic rings. The Morgan fingerprint density at radius 1 is 0.607 bits per heavy atom. The minimum Gasteiger partial charge on any atom is -0.478 e. The van der Waals surface area contributed by atoms with Crippen molar-refractivity contribution >= 4 is 39.3 Å². The highest BCUT2D eigenvalue weighted by molar-refractivity contribution is 6.25. The van der Waals surface area contributed by atoms with E-state index in [0.29, 0.717) is 16.3 Å². The molecule has 4 aromatic carbocycles. The molecule has 2 N–H and O–H groups in total. The Kier molecular flexibility index (Phi) is 4.12. The number of hydrogen-bond donors (Lipinski definition) is 2. The maximum Gasteiger partial charge on any atom is 0.336 e. The highest BCUT2D eigenvalue weighted by atomic mass is 16.4. The second-order valence-electron chi connectivity index (χ2n) is 6.39. The number of carbonyl (C=O) groups excluding carboxylic acids is 1. The number of benzene rings is 4. The molecule has 0 aromatic heterocycles. The quantitative estimate of drug-likeness (QED) is 0.512. The molecule has 0 amide bonds. The van der Waals surface area contributed by atoms with Crippen LogP contribution in [0.1, 0.15) is 36.6 Å². The van der Waals surface area contributed by atoms with Crippen molar-refractivity contribution in [2.75, 3.05) is 0 Å². The molecule has 136 valence electrons. The zero-order chi connectivity index (χ0) is 19.8. The standard InChI is InChI=1S/C23H14O5/c24-21(18-7-3-5-13-4-1-2-6-16(13)18)20-17-10-9-15(22(25)26)12-14(17)8-11-19(20)23(27)28/h1-12H,(H,25,26)(H,27,28). The summed E-state index contributed by atoms with van der Waals surface area (Å²) in [6, 6.07) is 19.8. The molecule has 0 aliphatic carbocycles. The molecule has 5 heteroatoms. The number of fused-ring (bicyclic) bond motifs is 2. The Balaban J connectivity index is 2.02. The summed E-state index contributed by atoms with van der Waals surface area (Å²) in [5, 5.41) is 21.3. The summed E-state index contributed by atoms with van der Waals surface area (Å²) in [6.45, 7) is 0. The fourth-order valence-corrected chi connectivity index (χ4v) is 3.44. The summed E-state index contributed by atoms with van der Waals surface area (Å²) in [7, 11) is 0. The van der Waals surface area contributed by atoms with E-state index in [4.69, 9.17) is 0 Å². The van der Waals surface area contributed by atoms with Gasteiger partial charge in [0.25, 0.3) is 0 Å². The molecule has 0 saturated heterocycles. The van der Waals surface area contributed by atoms with Gasteiger partial charge in [-0.1, -0.05) is 54.6 Å². The monoisotopic (exact) mass is 370 g/mol. The first-order valence-electron chi connectivity index (χ1n) is 8.53. The van der Waals surface area contributed by atoms with Crippen molar-refractivity contribution in [3.63, 3.8) is 0 Å². The summed E-state index contributed by atoms with van der Waals surface area (Å²) >= 11 is 0. The van der Waals surface area contributed by atoms with Crippen LogP contribution in [0.25, 0.3) is 21.5 Å². The molecule has 4 rings (SSSR count). The van der Waals surface area contributed by atoms with Crippen LogP contribution in [-0.2, 0) is 0 Å². The summed E-state index contributed by atoms with van der Waals surface area (Å²) in [4.78, 5) is 36.5. The summed E-state index contributed by atoms with van der Waals surface area (Å²) in [5.74, 6) is -2.72. The number of carboxylic acid groups (broad SMARTS) is 2. The van der Waals surface area contributed by atoms with E-state index < -0.39 is 17.7 Å². The largest absolute Gasteiger partial charge is 0.478 e. The second-order valence-corrected chi connectivity index (χ2v) is 6.39. The molecule has 28 heavy (non-hydrogen) atoms. The van der Waals surface area contributed by atoms with Crippen LogP contribution in [0.3, 0.4) is 0 Å². The first-order chi connectivity index (χ1) is 13.5. The average molecular weight is 370 g/mol. The minimum absolute atomic E-state index is 0.0540. The van der Waals surface area contributed by atoms with Crippen LogP contribution >= 0.6 is 0 Å². The van der Waals surface area contributed by atoms with Gasteiger partial charge in [0, 0.05) is 11.1 Å². The van der Waals surface area contributed by atoms with Gasteiger partial charge < -0.3 is 10.2 Å². The van der Waals surface area contributed by atoms with Gasteiger partial charge in [-0.15, -0.1) is 0 Å². The molecule has 0 fully saturated rings. The number of carboxylic acids is 2. The van der Waals surface area contributed by atoms with E-state index in [9.17, 15) is 24.6 Å². The molecule has 0 heterocycles. The molecule has 0 spiro atoms. The number of carbonyl (C=O) groups is 3. The van der Waals surface area contributed by atoms with Gasteiger partial charge in [0.2, 0.25) is 0 Å². The Bertz CT molecular complexity index is 1280. The Hall–Kier alpha value is -3.99. The maximum atomic E-state index is 13.4. The fourth-order valence-electron chi connectivity index (χ4n) is 3.44. The van der Waals surface area contributed by atoms with Crippen LogP contribution in [0.5, 0.6) is 0 Å². The molecule has 0 radical (unpaired) electrons. The van der Waals surface area contributed by atoms with Crippen molar-refractivity contribution in [3.8, 4) is 0 Å². The van der Waals surface area contributed by atoms with Crippen molar-refractivity contribution in [1.82, 2.24) is 0 Å². The highest BCUT2D eigenvalue weighted by Crippen LogP contribution is 2.29. The minimum atomic E-state index is -1.22. The number of ketones is 1. The van der Waals surface area contributed by atoms with Crippen LogP contribution in [0.2, 0.25) is 0 Å². The Labute approximate surface area is 159 Å². The van der Waals surface area contributed by atoms with Crippen molar-refractivity contribution in [2.24, 2.45) is 0 Å². The van der Waals surface area contributed by atoms with Crippen LogP contribution in [-0.4, -0.2) is 27.9 Å². The lowest BCUT2D eigenvalue weighted by molar-refractivity contribution is 0.0684. The Morgan fingerprint density at radius 2 is 1.36 bits per heavy atom. The van der Waals surface area contributed by atoms with Gasteiger partial charge in [-0.05, 0) is 39.7 Å². The smallest absolute Gasteiger partial charge is 0.336 e. The number of rotatable bonds is 4. The van der Waals surface area contributed by atoms with Crippen LogP contribution in [0.4, 0.5) is 0 Å². The zero-order valence-corrected chi connectivity index (χ0v) is 14.5. The zero-order valence-electron chi connectivity index (χ0n) is 14.5. The normalized spacial score (nSPS) is 10.9. The predicted molar refractivity (Wildman–Crippen MR) is 105 cm³/mol. The van der Waals surface area contributed by atoms with E-state index in [-0.39, 0.29) is 16.7 Å². The molecule has 0 saturated carbocycles. The number of aromatic carboxylic acids is 2. The SMILES string of the molecule is O=C(O)c1ccc2c(C(=O)c3cccc4ccccc34)c(C(=O)O)ccc2c1. The average Bonchev–Trinajstić information content (AvgIpc) is 2.71. The fraction of sp³-hybridized carbons (Fsp3) is 0. The van der Waals surface area contributed by atoms with Crippen molar-refractivity contribution in [2.45, 2.75) is 0 Å². The van der Waals surface area contributed by atoms with Gasteiger partial charge in [0.15, 0.2) is 5.78 Å². The van der Waals surface area contributed by atoms with E-state index in [2.05, 4.69) is 0 Å². The van der Waals surface area contributed by atoms with Crippen LogP contribution in [0.15, 0.2) is 72.8 Å². The van der Waals surface area contributed by atoms with Gasteiger partial charge in [0.05, 0.1) is 11.1 Å². The lowest BCUT2D eigenvalue weighted by atomic mass is 9.90. The molecule has 0 aliphatic rings. The second kappa shape index (κ2) is 6.63. The molecule has 0 atom stereocenters. The van der Waals surface area contributed by atoms with Gasteiger partial charge in [-0.3, -0.25) is 4.79 Å². The third kappa shape index (κ3) is 2.79. The third-order valence-corrected chi connectivity index (χ3v) is 4.76. The predicted octanol–water partition coefficient (Wildman–Crippen LogP) is 4.62. The van der Waals surface area contributed by atoms with Gasteiger partial charge >= 0.3 is 11.9 Å². The van der Waals surface area contributed by atoms with Gasteiger partial charge in [0.1, 0.15) is 0 Å². The lowest BCUT2D eigenvalue weighted by Gasteiger charge is -2.12. The highest BCUT2D eigenvalue weighted by Gasteiger charge is 2.23. The molecule has 0 bridgehead atoms. The van der Waals surface area contributed by atoms with Crippen molar-refractivity contribution in [1.29, 1.82) is 0 Å². The summed E-state index contributed by atoms with van der Waals surface area (Å²) in [5.41, 5.74) is 0.404. The Morgan fingerprint density at radius 3 is 2.11 bits per heavy atom. The molecule has 0 aliphatic heterocycles. The van der Waals surface area contributed by atoms with E-state index in [1.165, 1.54) is 30.3 Å². The first kappa shape index (κ1) is 17.4. The molecule has 5 nitrogen and oxygen atoms in total. The molecular weight excluding hydrogens is 356 g/mol. The van der Waals surface area contributed by atoms with Gasteiger partial charge in [-0.25, -0.2) is 9.59 Å². The molecular formula is C23H14O5. The first-order valence-corrected chi connectivity index (χ1v) is 8.53.